The van der Waals surface area contributed by atoms with Gasteiger partial charge in [-0.05, 0) is 36.4 Å². The summed E-state index contributed by atoms with van der Waals surface area (Å²) in [7, 11) is 0. The Balaban J connectivity index is 1.45. The van der Waals surface area contributed by atoms with Gasteiger partial charge >= 0.3 is 0 Å². The van der Waals surface area contributed by atoms with Crippen LogP contribution in [0.25, 0.3) is 34.0 Å². The maximum absolute atomic E-state index is 12.2. The molecule has 0 N–H and O–H groups in total. The zero-order valence-electron chi connectivity index (χ0n) is 15.7. The smallest absolute Gasteiger partial charge is 0.163 e. The highest BCUT2D eigenvalue weighted by atomic mass is 16.1. The molecule has 140 valence electrons. The first-order valence-corrected chi connectivity index (χ1v) is 9.30. The largest absolute Gasteiger partial charge is 0.294 e. The van der Waals surface area contributed by atoms with Crippen LogP contribution in [0.1, 0.15) is 17.5 Å². The van der Waals surface area contributed by atoms with Crippen molar-refractivity contribution in [3.8, 4) is 0 Å². The minimum Gasteiger partial charge on any atom is -0.294 e. The van der Waals surface area contributed by atoms with Crippen molar-refractivity contribution in [2.45, 2.75) is 6.42 Å². The Morgan fingerprint density at radius 1 is 0.655 bits per heavy atom. The first-order chi connectivity index (χ1) is 14.2. The van der Waals surface area contributed by atoms with Crippen molar-refractivity contribution in [3.63, 3.8) is 0 Å². The van der Waals surface area contributed by atoms with Gasteiger partial charge in [-0.25, -0.2) is 0 Å². The maximum atomic E-state index is 12.2. The number of hydrogen-bond acceptors (Lipinski definition) is 4. The maximum Gasteiger partial charge on any atom is 0.163 e. The lowest BCUT2D eigenvalue weighted by molar-refractivity contribution is -0.121. The molecule has 4 heteroatoms. The molecule has 0 saturated carbocycles. The Labute approximate surface area is 168 Å². The van der Waals surface area contributed by atoms with E-state index in [0.717, 1.165) is 32.9 Å². The molecule has 0 amide bonds. The van der Waals surface area contributed by atoms with Crippen molar-refractivity contribution in [1.29, 1.82) is 0 Å². The predicted octanol–water partition coefficient (Wildman–Crippen LogP) is 5.04. The standard InChI is InChI=1S/C25H18N2O2/c28-22(13-11-20-7-1-5-18-9-3-15-26-24(18)20)17-23(29)14-12-21-8-2-6-19-10-4-16-27-25(19)21/h1-16H,17H2/b13-11+,14-12+. The van der Waals surface area contributed by atoms with E-state index >= 15 is 0 Å². The molecule has 4 nitrogen and oxygen atoms in total. The van der Waals surface area contributed by atoms with Crippen LogP contribution in [0.4, 0.5) is 0 Å². The summed E-state index contributed by atoms with van der Waals surface area (Å²) in [6, 6.07) is 19.3. The molecule has 0 radical (unpaired) electrons. The average Bonchev–Trinajstić information content (AvgIpc) is 2.76. The van der Waals surface area contributed by atoms with Crippen LogP contribution in [0.15, 0.2) is 85.2 Å². The van der Waals surface area contributed by atoms with E-state index in [2.05, 4.69) is 9.97 Å². The predicted molar refractivity (Wildman–Crippen MR) is 116 cm³/mol. The third kappa shape index (κ3) is 4.33. The van der Waals surface area contributed by atoms with Gasteiger partial charge in [0.2, 0.25) is 0 Å². The summed E-state index contributed by atoms with van der Waals surface area (Å²) < 4.78 is 0. The van der Waals surface area contributed by atoms with Crippen molar-refractivity contribution < 1.29 is 9.59 Å². The van der Waals surface area contributed by atoms with E-state index in [1.807, 2.05) is 60.7 Å². The number of pyridine rings is 2. The van der Waals surface area contributed by atoms with Crippen molar-refractivity contribution in [3.05, 3.63) is 96.3 Å². The summed E-state index contributed by atoms with van der Waals surface area (Å²) in [5.74, 6) is -0.493. The molecule has 0 aliphatic heterocycles. The Hall–Kier alpha value is -3.92. The quantitative estimate of drug-likeness (QED) is 0.348. The Kier molecular flexibility index (Phi) is 5.34. The monoisotopic (exact) mass is 378 g/mol. The molecule has 2 heterocycles. The van der Waals surface area contributed by atoms with Gasteiger partial charge in [0.1, 0.15) is 0 Å². The number of ketones is 2. The first-order valence-electron chi connectivity index (χ1n) is 9.30. The zero-order valence-corrected chi connectivity index (χ0v) is 15.7. The van der Waals surface area contributed by atoms with Crippen LogP contribution in [-0.2, 0) is 9.59 Å². The molecule has 0 spiro atoms. The van der Waals surface area contributed by atoms with E-state index in [1.165, 1.54) is 12.2 Å². The molecular formula is C25H18N2O2. The number of hydrogen-bond donors (Lipinski definition) is 0. The number of allylic oxidation sites excluding steroid dienone is 2. The van der Waals surface area contributed by atoms with Gasteiger partial charge in [0.15, 0.2) is 11.6 Å². The molecule has 2 aromatic carbocycles. The van der Waals surface area contributed by atoms with Crippen molar-refractivity contribution in [2.24, 2.45) is 0 Å². The molecule has 0 atom stereocenters. The van der Waals surface area contributed by atoms with Gasteiger partial charge in [0.05, 0.1) is 17.5 Å². The lowest BCUT2D eigenvalue weighted by atomic mass is 10.1. The minimum absolute atomic E-state index is 0.177. The van der Waals surface area contributed by atoms with Crippen molar-refractivity contribution >= 4 is 45.5 Å². The molecule has 0 unspecified atom stereocenters. The molecule has 0 bridgehead atoms. The van der Waals surface area contributed by atoms with Crippen LogP contribution in [0.2, 0.25) is 0 Å². The minimum atomic E-state index is -0.247. The SMILES string of the molecule is O=C(/C=C/c1cccc2cccnc12)CC(=O)/C=C/c1cccc2cccnc12. The summed E-state index contributed by atoms with van der Waals surface area (Å²) >= 11 is 0. The Bertz CT molecular complexity index is 1160. The lowest BCUT2D eigenvalue weighted by Gasteiger charge is -2.01. The molecule has 0 fully saturated rings. The topological polar surface area (TPSA) is 59.9 Å². The summed E-state index contributed by atoms with van der Waals surface area (Å²) in [5, 5.41) is 2.01. The second kappa shape index (κ2) is 8.40. The average molecular weight is 378 g/mol. The van der Waals surface area contributed by atoms with Crippen LogP contribution in [0.5, 0.6) is 0 Å². The second-order valence-electron chi connectivity index (χ2n) is 6.62. The van der Waals surface area contributed by atoms with Gasteiger partial charge in [-0.2, -0.15) is 0 Å². The molecular weight excluding hydrogens is 360 g/mol. The third-order valence-corrected chi connectivity index (χ3v) is 4.57. The third-order valence-electron chi connectivity index (χ3n) is 4.57. The molecule has 0 aliphatic carbocycles. The zero-order chi connectivity index (χ0) is 20.1. The Morgan fingerprint density at radius 2 is 1.10 bits per heavy atom. The highest BCUT2D eigenvalue weighted by Gasteiger charge is 2.05. The number of carbonyl (C=O) groups excluding carboxylic acids is 2. The molecule has 0 aliphatic rings. The molecule has 0 saturated heterocycles. The molecule has 4 aromatic rings. The first kappa shape index (κ1) is 18.4. The highest BCUT2D eigenvalue weighted by molar-refractivity contribution is 6.11. The van der Waals surface area contributed by atoms with E-state index in [-0.39, 0.29) is 18.0 Å². The summed E-state index contributed by atoms with van der Waals surface area (Å²) in [6.45, 7) is 0. The number of rotatable bonds is 6. The highest BCUT2D eigenvalue weighted by Crippen LogP contribution is 2.18. The number of benzene rings is 2. The van der Waals surface area contributed by atoms with Crippen LogP contribution < -0.4 is 0 Å². The lowest BCUT2D eigenvalue weighted by Crippen LogP contribution is -2.02. The van der Waals surface area contributed by atoms with Gasteiger partial charge in [-0.1, -0.05) is 48.5 Å². The fraction of sp³-hybridized carbons (Fsp3) is 0.0400. The van der Waals surface area contributed by atoms with Crippen molar-refractivity contribution in [1.82, 2.24) is 9.97 Å². The number of para-hydroxylation sites is 2. The Morgan fingerprint density at radius 3 is 1.59 bits per heavy atom. The van der Waals surface area contributed by atoms with E-state index in [4.69, 9.17) is 0 Å². The fourth-order valence-electron chi connectivity index (χ4n) is 3.18. The number of nitrogens with zero attached hydrogens (tertiary/aromatic N) is 2. The number of fused-ring (bicyclic) bond motifs is 2. The number of aromatic nitrogens is 2. The molecule has 4 rings (SSSR count). The summed E-state index contributed by atoms with van der Waals surface area (Å²) in [5.41, 5.74) is 3.35. The van der Waals surface area contributed by atoms with Crippen LogP contribution in [-0.4, -0.2) is 21.5 Å². The second-order valence-corrected chi connectivity index (χ2v) is 6.62. The van der Waals surface area contributed by atoms with E-state index in [0.29, 0.717) is 0 Å². The normalized spacial score (nSPS) is 11.6. The van der Waals surface area contributed by atoms with Crippen molar-refractivity contribution in [2.75, 3.05) is 0 Å². The van der Waals surface area contributed by atoms with Gasteiger partial charge in [0.25, 0.3) is 0 Å². The molecule has 2 aromatic heterocycles. The fourth-order valence-corrected chi connectivity index (χ4v) is 3.18. The number of carbonyl (C=O) groups is 2. The van der Waals surface area contributed by atoms with E-state index in [1.54, 1.807) is 24.5 Å². The van der Waals surface area contributed by atoms with Gasteiger partial charge in [-0.3, -0.25) is 19.6 Å². The molecule has 29 heavy (non-hydrogen) atoms. The van der Waals surface area contributed by atoms with Gasteiger partial charge in [0, 0.05) is 34.3 Å². The van der Waals surface area contributed by atoms with Gasteiger partial charge in [-0.15, -0.1) is 0 Å². The van der Waals surface area contributed by atoms with Gasteiger partial charge < -0.3 is 0 Å². The van der Waals surface area contributed by atoms with Crippen LogP contribution in [0, 0.1) is 0 Å². The summed E-state index contributed by atoms with van der Waals surface area (Å²) in [6.07, 6.45) is 9.56. The van der Waals surface area contributed by atoms with E-state index < -0.39 is 0 Å². The summed E-state index contributed by atoms with van der Waals surface area (Å²) in [4.78, 5) is 33.1. The van der Waals surface area contributed by atoms with Crippen LogP contribution >= 0.6 is 0 Å². The van der Waals surface area contributed by atoms with Crippen LogP contribution in [0.3, 0.4) is 0 Å². The van der Waals surface area contributed by atoms with E-state index in [9.17, 15) is 9.59 Å².